The van der Waals surface area contributed by atoms with Crippen molar-refractivity contribution < 1.29 is 8.42 Å². The number of aryl methyl sites for hydroxylation is 1. The smallest absolute Gasteiger partial charge is 0.235 e. The zero-order valence-electron chi connectivity index (χ0n) is 13.4. The molecule has 4 rings (SSSR count). The number of sulfonamides is 1. The highest BCUT2D eigenvalue weighted by Crippen LogP contribution is 2.32. The van der Waals surface area contributed by atoms with Crippen molar-refractivity contribution in [3.05, 3.63) is 60.4 Å². The van der Waals surface area contributed by atoms with Gasteiger partial charge in [0, 0.05) is 24.3 Å². The van der Waals surface area contributed by atoms with Gasteiger partial charge in [-0.05, 0) is 59.7 Å². The molecule has 4 nitrogen and oxygen atoms in total. The van der Waals surface area contributed by atoms with Gasteiger partial charge in [0.05, 0.1) is 11.4 Å². The molecule has 5 heteroatoms. The molecule has 24 heavy (non-hydrogen) atoms. The third-order valence-electron chi connectivity index (χ3n) is 4.54. The molecule has 1 aromatic heterocycles. The molecule has 0 aliphatic carbocycles. The maximum absolute atomic E-state index is 12.1. The first-order chi connectivity index (χ1) is 11.5. The van der Waals surface area contributed by atoms with E-state index in [9.17, 15) is 8.42 Å². The fraction of sp³-hybridized carbons (Fsp3) is 0.211. The van der Waals surface area contributed by atoms with Gasteiger partial charge in [0.1, 0.15) is 0 Å². The molecule has 2 heterocycles. The van der Waals surface area contributed by atoms with Crippen LogP contribution in [0.5, 0.6) is 0 Å². The Balaban J connectivity index is 1.75. The Labute approximate surface area is 141 Å². The van der Waals surface area contributed by atoms with E-state index in [-0.39, 0.29) is 5.75 Å². The number of hydrogen-bond acceptors (Lipinski definition) is 3. The van der Waals surface area contributed by atoms with E-state index >= 15 is 0 Å². The van der Waals surface area contributed by atoms with Crippen LogP contribution >= 0.6 is 0 Å². The molecule has 0 radical (unpaired) electrons. The van der Waals surface area contributed by atoms with Crippen LogP contribution in [-0.4, -0.2) is 25.7 Å². The van der Waals surface area contributed by atoms with Gasteiger partial charge in [-0.3, -0.25) is 9.29 Å². The van der Waals surface area contributed by atoms with Gasteiger partial charge in [-0.15, -0.1) is 0 Å². The Kier molecular flexibility index (Phi) is 3.53. The Morgan fingerprint density at radius 2 is 1.79 bits per heavy atom. The first-order valence-electron chi connectivity index (χ1n) is 8.00. The lowest BCUT2D eigenvalue weighted by Crippen LogP contribution is -2.25. The minimum Gasteiger partial charge on any atom is -0.270 e. The summed E-state index contributed by atoms with van der Waals surface area (Å²) in [6.45, 7) is 2.54. The lowest BCUT2D eigenvalue weighted by molar-refractivity contribution is 0.599. The molecule has 3 aromatic rings. The SMILES string of the molecule is Cc1cc(-c2ccc3cnccc3c2)ccc1N1CCCS1(=O)=O. The number of benzene rings is 2. The van der Waals surface area contributed by atoms with Crippen molar-refractivity contribution in [3.8, 4) is 11.1 Å². The zero-order chi connectivity index (χ0) is 16.7. The fourth-order valence-electron chi connectivity index (χ4n) is 3.29. The van der Waals surface area contributed by atoms with Gasteiger partial charge in [0.2, 0.25) is 10.0 Å². The lowest BCUT2D eigenvalue weighted by atomic mass is 10.00. The molecule has 0 amide bonds. The summed E-state index contributed by atoms with van der Waals surface area (Å²) in [5, 5.41) is 2.25. The third-order valence-corrected chi connectivity index (χ3v) is 6.39. The van der Waals surface area contributed by atoms with Gasteiger partial charge >= 0.3 is 0 Å². The highest BCUT2D eigenvalue weighted by atomic mass is 32.2. The van der Waals surface area contributed by atoms with Crippen molar-refractivity contribution in [1.29, 1.82) is 0 Å². The summed E-state index contributed by atoms with van der Waals surface area (Å²) in [5.74, 6) is 0.243. The van der Waals surface area contributed by atoms with Crippen molar-refractivity contribution in [2.75, 3.05) is 16.6 Å². The summed E-state index contributed by atoms with van der Waals surface area (Å²) in [5.41, 5.74) is 3.98. The van der Waals surface area contributed by atoms with Crippen molar-refractivity contribution >= 4 is 26.5 Å². The minimum atomic E-state index is -3.14. The van der Waals surface area contributed by atoms with Crippen LogP contribution in [0.25, 0.3) is 21.9 Å². The first kappa shape index (κ1) is 15.1. The summed E-state index contributed by atoms with van der Waals surface area (Å²) in [6, 6.07) is 14.3. The van der Waals surface area contributed by atoms with E-state index in [0.717, 1.165) is 33.2 Å². The largest absolute Gasteiger partial charge is 0.270 e. The number of rotatable bonds is 2. The van der Waals surface area contributed by atoms with Gasteiger partial charge in [-0.25, -0.2) is 8.42 Å². The van der Waals surface area contributed by atoms with E-state index in [1.165, 1.54) is 4.31 Å². The van der Waals surface area contributed by atoms with Gasteiger partial charge in [0.15, 0.2) is 0 Å². The Morgan fingerprint density at radius 3 is 2.54 bits per heavy atom. The van der Waals surface area contributed by atoms with Crippen molar-refractivity contribution in [1.82, 2.24) is 4.98 Å². The highest BCUT2D eigenvalue weighted by Gasteiger charge is 2.29. The number of nitrogens with zero attached hydrogens (tertiary/aromatic N) is 2. The molecule has 1 aliphatic heterocycles. The van der Waals surface area contributed by atoms with Crippen molar-refractivity contribution in [3.63, 3.8) is 0 Å². The van der Waals surface area contributed by atoms with Gasteiger partial charge in [-0.1, -0.05) is 18.2 Å². The fourth-order valence-corrected chi connectivity index (χ4v) is 4.91. The molecule has 0 atom stereocenters. The lowest BCUT2D eigenvalue weighted by Gasteiger charge is -2.20. The normalized spacial score (nSPS) is 16.6. The van der Waals surface area contributed by atoms with Crippen LogP contribution in [-0.2, 0) is 10.0 Å². The van der Waals surface area contributed by atoms with E-state index in [1.54, 1.807) is 6.20 Å². The predicted octanol–water partition coefficient (Wildman–Crippen LogP) is 3.75. The average Bonchev–Trinajstić information content (AvgIpc) is 2.93. The topological polar surface area (TPSA) is 50.3 Å². The molecule has 0 N–H and O–H groups in total. The molecule has 1 aliphatic rings. The number of anilines is 1. The molecular weight excluding hydrogens is 320 g/mol. The second kappa shape index (κ2) is 5.60. The van der Waals surface area contributed by atoms with Gasteiger partial charge in [-0.2, -0.15) is 0 Å². The van der Waals surface area contributed by atoms with Crippen molar-refractivity contribution in [2.45, 2.75) is 13.3 Å². The molecule has 1 fully saturated rings. The van der Waals surface area contributed by atoms with E-state index in [0.29, 0.717) is 13.0 Å². The molecule has 0 saturated carbocycles. The summed E-state index contributed by atoms with van der Waals surface area (Å²) in [4.78, 5) is 4.14. The highest BCUT2D eigenvalue weighted by molar-refractivity contribution is 7.93. The first-order valence-corrected chi connectivity index (χ1v) is 9.61. The van der Waals surface area contributed by atoms with Crippen LogP contribution in [0.4, 0.5) is 5.69 Å². The van der Waals surface area contributed by atoms with Crippen LogP contribution < -0.4 is 4.31 Å². The van der Waals surface area contributed by atoms with Crippen LogP contribution in [0.2, 0.25) is 0 Å². The van der Waals surface area contributed by atoms with E-state index < -0.39 is 10.0 Å². The second-order valence-electron chi connectivity index (χ2n) is 6.18. The Bertz CT molecular complexity index is 1030. The Hall–Kier alpha value is -2.40. The number of aromatic nitrogens is 1. The summed E-state index contributed by atoms with van der Waals surface area (Å²) >= 11 is 0. The average molecular weight is 338 g/mol. The van der Waals surface area contributed by atoms with Gasteiger partial charge < -0.3 is 0 Å². The third kappa shape index (κ3) is 2.55. The number of hydrogen-bond donors (Lipinski definition) is 0. The van der Waals surface area contributed by atoms with Crippen LogP contribution in [0, 0.1) is 6.92 Å². The number of pyridine rings is 1. The maximum Gasteiger partial charge on any atom is 0.235 e. The molecule has 0 unspecified atom stereocenters. The molecule has 1 saturated heterocycles. The maximum atomic E-state index is 12.1. The monoisotopic (exact) mass is 338 g/mol. The van der Waals surface area contributed by atoms with Crippen LogP contribution in [0.3, 0.4) is 0 Å². The van der Waals surface area contributed by atoms with Gasteiger partial charge in [0.25, 0.3) is 0 Å². The number of fused-ring (bicyclic) bond motifs is 1. The van der Waals surface area contributed by atoms with E-state index in [4.69, 9.17) is 0 Å². The zero-order valence-corrected chi connectivity index (χ0v) is 14.3. The van der Waals surface area contributed by atoms with Crippen LogP contribution in [0.1, 0.15) is 12.0 Å². The van der Waals surface area contributed by atoms with Crippen LogP contribution in [0.15, 0.2) is 54.9 Å². The molecule has 2 aromatic carbocycles. The summed E-state index contributed by atoms with van der Waals surface area (Å²) in [6.07, 6.45) is 4.34. The minimum absolute atomic E-state index is 0.243. The molecule has 0 spiro atoms. The summed E-state index contributed by atoms with van der Waals surface area (Å²) < 4.78 is 25.8. The quantitative estimate of drug-likeness (QED) is 0.715. The summed E-state index contributed by atoms with van der Waals surface area (Å²) in [7, 11) is -3.14. The van der Waals surface area contributed by atoms with Crippen molar-refractivity contribution in [2.24, 2.45) is 0 Å². The molecule has 0 bridgehead atoms. The van der Waals surface area contributed by atoms with E-state index in [1.807, 2.05) is 31.3 Å². The second-order valence-corrected chi connectivity index (χ2v) is 8.19. The molecular formula is C19H18N2O2S. The Morgan fingerprint density at radius 1 is 1.00 bits per heavy atom. The predicted molar refractivity (Wildman–Crippen MR) is 97.7 cm³/mol. The molecule has 122 valence electrons. The standard InChI is InChI=1S/C19H18N2O2S/c1-14-11-15(5-6-19(14)21-9-2-10-24(21,22)23)16-3-4-18-13-20-8-7-17(18)12-16/h3-8,11-13H,2,9-10H2,1H3. The van der Waals surface area contributed by atoms with E-state index in [2.05, 4.69) is 29.2 Å².